The van der Waals surface area contributed by atoms with Crippen molar-refractivity contribution in [3.63, 3.8) is 0 Å². The standard InChI is InChI=1S/C23H29NO6/c1-4-14-10-20(26)29-22-16-7-8-23(2,3)30-17(16)11-18(21(14)22)28-13-19(25)24-12-15-6-5-9-27-15/h10-11,15H,4-9,12-13H2,1-3H3,(H,24,25)/t15-/m0/s1. The molecule has 162 valence electrons. The van der Waals surface area contributed by atoms with Gasteiger partial charge in [0.2, 0.25) is 0 Å². The smallest absolute Gasteiger partial charge is 0.336 e. The third-order valence-electron chi connectivity index (χ3n) is 5.78. The van der Waals surface area contributed by atoms with Crippen molar-refractivity contribution in [3.8, 4) is 11.5 Å². The van der Waals surface area contributed by atoms with Gasteiger partial charge in [-0.15, -0.1) is 0 Å². The summed E-state index contributed by atoms with van der Waals surface area (Å²) in [6.07, 6.45) is 4.28. The van der Waals surface area contributed by atoms with Gasteiger partial charge in [-0.2, -0.15) is 0 Å². The van der Waals surface area contributed by atoms with Crippen LogP contribution in [0.25, 0.3) is 11.0 Å². The SMILES string of the molecule is CCc1cc(=O)oc2c3c(cc(OCC(=O)NC[C@@H]4CCCO4)c12)OC(C)(C)CC3. The van der Waals surface area contributed by atoms with Gasteiger partial charge in [0.1, 0.15) is 22.7 Å². The number of ether oxygens (including phenoxy) is 3. The Kier molecular flexibility index (Phi) is 5.73. The lowest BCUT2D eigenvalue weighted by Gasteiger charge is -2.33. The van der Waals surface area contributed by atoms with Crippen LogP contribution in [0.15, 0.2) is 21.3 Å². The first-order chi connectivity index (χ1) is 14.4. The van der Waals surface area contributed by atoms with Crippen LogP contribution in [0.1, 0.15) is 51.2 Å². The number of aryl methyl sites for hydroxylation is 2. The molecule has 7 heteroatoms. The summed E-state index contributed by atoms with van der Waals surface area (Å²) < 4.78 is 23.2. The third-order valence-corrected chi connectivity index (χ3v) is 5.78. The Balaban J connectivity index is 1.62. The largest absolute Gasteiger partial charge is 0.487 e. The second kappa shape index (κ2) is 8.30. The maximum atomic E-state index is 12.3. The Bertz CT molecular complexity index is 1000. The Labute approximate surface area is 175 Å². The monoisotopic (exact) mass is 415 g/mol. The molecule has 1 aromatic carbocycles. The first-order valence-corrected chi connectivity index (χ1v) is 10.7. The number of fused-ring (bicyclic) bond motifs is 3. The Morgan fingerprint density at radius 2 is 2.17 bits per heavy atom. The summed E-state index contributed by atoms with van der Waals surface area (Å²) in [5.74, 6) is 0.923. The minimum Gasteiger partial charge on any atom is -0.487 e. The lowest BCUT2D eigenvalue weighted by atomic mass is 9.92. The van der Waals surface area contributed by atoms with Crippen LogP contribution in [0, 0.1) is 0 Å². The van der Waals surface area contributed by atoms with E-state index >= 15 is 0 Å². The van der Waals surface area contributed by atoms with E-state index in [0.717, 1.165) is 48.8 Å². The maximum Gasteiger partial charge on any atom is 0.336 e. The van der Waals surface area contributed by atoms with Crippen LogP contribution in [-0.2, 0) is 22.4 Å². The van der Waals surface area contributed by atoms with Gasteiger partial charge in [-0.25, -0.2) is 4.79 Å². The van der Waals surface area contributed by atoms with E-state index < -0.39 is 5.63 Å². The number of rotatable bonds is 6. The van der Waals surface area contributed by atoms with Crippen LogP contribution < -0.4 is 20.4 Å². The van der Waals surface area contributed by atoms with Gasteiger partial charge in [0, 0.05) is 30.8 Å². The van der Waals surface area contributed by atoms with E-state index in [9.17, 15) is 9.59 Å². The predicted octanol–water partition coefficient (Wildman–Crippen LogP) is 3.13. The number of nitrogens with one attached hydrogen (secondary N) is 1. The van der Waals surface area contributed by atoms with Crippen molar-refractivity contribution >= 4 is 16.9 Å². The normalized spacial score (nSPS) is 19.9. The number of hydrogen-bond acceptors (Lipinski definition) is 6. The molecule has 0 aliphatic carbocycles. The first-order valence-electron chi connectivity index (χ1n) is 10.7. The van der Waals surface area contributed by atoms with Crippen molar-refractivity contribution < 1.29 is 23.4 Å². The zero-order chi connectivity index (χ0) is 21.3. The molecule has 2 aromatic rings. The van der Waals surface area contributed by atoms with E-state index in [1.165, 1.54) is 6.07 Å². The zero-order valence-corrected chi connectivity index (χ0v) is 17.8. The minimum atomic E-state index is -0.391. The molecule has 1 saturated heterocycles. The highest BCUT2D eigenvalue weighted by Gasteiger charge is 2.30. The van der Waals surface area contributed by atoms with Crippen LogP contribution in [0.4, 0.5) is 0 Å². The molecule has 1 aromatic heterocycles. The van der Waals surface area contributed by atoms with E-state index in [4.69, 9.17) is 18.6 Å². The van der Waals surface area contributed by atoms with Crippen molar-refractivity contribution in [2.75, 3.05) is 19.8 Å². The molecule has 7 nitrogen and oxygen atoms in total. The molecule has 4 rings (SSSR count). The third kappa shape index (κ3) is 4.31. The molecule has 30 heavy (non-hydrogen) atoms. The molecule has 0 unspecified atom stereocenters. The molecule has 0 bridgehead atoms. The van der Waals surface area contributed by atoms with Gasteiger partial charge >= 0.3 is 5.63 Å². The number of amides is 1. The van der Waals surface area contributed by atoms with Gasteiger partial charge in [-0.1, -0.05) is 6.92 Å². The summed E-state index contributed by atoms with van der Waals surface area (Å²) in [6.45, 7) is 7.13. The van der Waals surface area contributed by atoms with Gasteiger partial charge in [-0.05, 0) is 51.5 Å². The number of benzene rings is 1. The van der Waals surface area contributed by atoms with Gasteiger partial charge in [-0.3, -0.25) is 4.79 Å². The first kappa shape index (κ1) is 20.7. The Morgan fingerprint density at radius 1 is 1.33 bits per heavy atom. The van der Waals surface area contributed by atoms with E-state index in [1.54, 1.807) is 0 Å². The van der Waals surface area contributed by atoms with Crippen molar-refractivity contribution in [1.29, 1.82) is 0 Å². The van der Waals surface area contributed by atoms with Crippen LogP contribution in [0.2, 0.25) is 0 Å². The molecule has 0 spiro atoms. The van der Waals surface area contributed by atoms with Crippen molar-refractivity contribution in [2.45, 2.75) is 64.6 Å². The number of carbonyl (C=O) groups is 1. The molecule has 1 atom stereocenters. The van der Waals surface area contributed by atoms with E-state index in [-0.39, 0.29) is 24.2 Å². The van der Waals surface area contributed by atoms with Crippen molar-refractivity contribution in [1.82, 2.24) is 5.32 Å². The summed E-state index contributed by atoms with van der Waals surface area (Å²) in [5, 5.41) is 3.60. The average molecular weight is 415 g/mol. The second-order valence-electron chi connectivity index (χ2n) is 8.59. The van der Waals surface area contributed by atoms with Crippen LogP contribution in [-0.4, -0.2) is 37.4 Å². The highest BCUT2D eigenvalue weighted by Crippen LogP contribution is 2.42. The predicted molar refractivity (Wildman–Crippen MR) is 112 cm³/mol. The highest BCUT2D eigenvalue weighted by atomic mass is 16.5. The minimum absolute atomic E-state index is 0.0788. The summed E-state index contributed by atoms with van der Waals surface area (Å²) in [6, 6.07) is 3.32. The lowest BCUT2D eigenvalue weighted by Crippen LogP contribution is -2.35. The molecule has 2 aliphatic rings. The zero-order valence-electron chi connectivity index (χ0n) is 17.8. The fourth-order valence-electron chi connectivity index (χ4n) is 4.14. The molecule has 0 saturated carbocycles. The highest BCUT2D eigenvalue weighted by molar-refractivity contribution is 5.92. The summed E-state index contributed by atoms with van der Waals surface area (Å²) >= 11 is 0. The fourth-order valence-corrected chi connectivity index (χ4v) is 4.14. The molecule has 1 fully saturated rings. The van der Waals surface area contributed by atoms with Crippen molar-refractivity contribution in [3.05, 3.63) is 33.7 Å². The van der Waals surface area contributed by atoms with Crippen molar-refractivity contribution in [2.24, 2.45) is 0 Å². The maximum absolute atomic E-state index is 12.3. The average Bonchev–Trinajstić information content (AvgIpc) is 3.22. The second-order valence-corrected chi connectivity index (χ2v) is 8.59. The molecular weight excluding hydrogens is 386 g/mol. The molecule has 2 aliphatic heterocycles. The molecular formula is C23H29NO6. The van der Waals surface area contributed by atoms with Gasteiger partial charge in [0.25, 0.3) is 5.91 Å². The number of carbonyl (C=O) groups excluding carboxylic acids is 1. The molecule has 1 N–H and O–H groups in total. The Morgan fingerprint density at radius 3 is 2.90 bits per heavy atom. The van der Waals surface area contributed by atoms with Gasteiger partial charge in [0.05, 0.1) is 11.5 Å². The molecule has 0 radical (unpaired) electrons. The van der Waals surface area contributed by atoms with Crippen LogP contribution >= 0.6 is 0 Å². The topological polar surface area (TPSA) is 87.0 Å². The summed E-state index contributed by atoms with van der Waals surface area (Å²) in [7, 11) is 0. The quantitative estimate of drug-likeness (QED) is 0.730. The van der Waals surface area contributed by atoms with E-state index in [2.05, 4.69) is 5.32 Å². The van der Waals surface area contributed by atoms with Gasteiger partial charge in [0.15, 0.2) is 6.61 Å². The van der Waals surface area contributed by atoms with Crippen LogP contribution in [0.3, 0.4) is 0 Å². The summed E-state index contributed by atoms with van der Waals surface area (Å²) in [5.41, 5.74) is 1.51. The fraction of sp³-hybridized carbons (Fsp3) is 0.565. The van der Waals surface area contributed by atoms with Gasteiger partial charge < -0.3 is 23.9 Å². The molecule has 3 heterocycles. The van der Waals surface area contributed by atoms with E-state index in [1.807, 2.05) is 26.8 Å². The number of hydrogen-bond donors (Lipinski definition) is 1. The van der Waals surface area contributed by atoms with Crippen LogP contribution in [0.5, 0.6) is 11.5 Å². The summed E-state index contributed by atoms with van der Waals surface area (Å²) in [4.78, 5) is 24.5. The Hall–Kier alpha value is -2.54. The van der Waals surface area contributed by atoms with E-state index in [0.29, 0.717) is 30.0 Å². The molecule has 1 amide bonds. The lowest BCUT2D eigenvalue weighted by molar-refractivity contribution is -0.123.